The number of methoxy groups -OCH3 is 2. The number of carbonyl (C=O) groups is 1. The number of ether oxygens (including phenoxy) is 2. The predicted molar refractivity (Wildman–Crippen MR) is 102 cm³/mol. The van der Waals surface area contributed by atoms with E-state index in [9.17, 15) is 4.79 Å². The first-order valence-electron chi connectivity index (χ1n) is 8.32. The summed E-state index contributed by atoms with van der Waals surface area (Å²) in [5, 5.41) is 2.96. The van der Waals surface area contributed by atoms with Gasteiger partial charge in [-0.2, -0.15) is 0 Å². The number of hydrogen-bond acceptors (Lipinski definition) is 4. The second-order valence-corrected chi connectivity index (χ2v) is 7.09. The van der Waals surface area contributed by atoms with Crippen LogP contribution in [0.15, 0.2) is 53.4 Å². The van der Waals surface area contributed by atoms with Crippen LogP contribution in [0.3, 0.4) is 0 Å². The number of hydrogen-bond donors (Lipinski definition) is 1. The molecule has 0 bridgehead atoms. The second kappa shape index (κ2) is 9.37. The molecule has 0 saturated carbocycles. The molecule has 5 heteroatoms. The third kappa shape index (κ3) is 5.43. The zero-order valence-electron chi connectivity index (χ0n) is 15.1. The molecule has 0 saturated heterocycles. The van der Waals surface area contributed by atoms with Crippen molar-refractivity contribution in [3.8, 4) is 11.5 Å². The van der Waals surface area contributed by atoms with Crippen molar-refractivity contribution in [3.63, 3.8) is 0 Å². The summed E-state index contributed by atoms with van der Waals surface area (Å²) in [7, 11) is 3.29. The van der Waals surface area contributed by atoms with Gasteiger partial charge < -0.3 is 14.8 Å². The van der Waals surface area contributed by atoms with E-state index in [4.69, 9.17) is 9.47 Å². The molecule has 1 amide bonds. The minimum absolute atomic E-state index is 0.00248. The molecule has 134 valence electrons. The van der Waals surface area contributed by atoms with Gasteiger partial charge in [0.15, 0.2) is 0 Å². The summed E-state index contributed by atoms with van der Waals surface area (Å²) in [5.74, 6) is 1.66. The normalized spacial score (nSPS) is 13.0. The molecule has 0 aliphatic rings. The highest BCUT2D eigenvalue weighted by Crippen LogP contribution is 2.27. The van der Waals surface area contributed by atoms with E-state index in [1.807, 2.05) is 55.5 Å². The first-order valence-corrected chi connectivity index (χ1v) is 9.20. The van der Waals surface area contributed by atoms with Gasteiger partial charge in [-0.25, -0.2) is 0 Å². The third-order valence-electron chi connectivity index (χ3n) is 3.98. The number of rotatable bonds is 8. The van der Waals surface area contributed by atoms with E-state index in [1.165, 1.54) is 11.8 Å². The van der Waals surface area contributed by atoms with Crippen LogP contribution in [0.2, 0.25) is 0 Å². The summed E-state index contributed by atoms with van der Waals surface area (Å²) in [5.41, 5.74) is 1.08. The molecule has 0 unspecified atom stereocenters. The molecule has 0 fully saturated rings. The summed E-state index contributed by atoms with van der Waals surface area (Å²) in [4.78, 5) is 13.6. The first kappa shape index (κ1) is 19.2. The molecule has 2 aromatic carbocycles. The Morgan fingerprint density at radius 3 is 2.00 bits per heavy atom. The van der Waals surface area contributed by atoms with Crippen LogP contribution in [-0.2, 0) is 4.79 Å². The maximum absolute atomic E-state index is 12.6. The van der Waals surface area contributed by atoms with E-state index in [-0.39, 0.29) is 17.2 Å². The fourth-order valence-electron chi connectivity index (χ4n) is 2.46. The van der Waals surface area contributed by atoms with E-state index in [1.54, 1.807) is 14.2 Å². The standard InChI is InChI=1S/C20H25NO3S/c1-5-19(15-6-8-16(23-3)9-7-15)21-20(22)14(2)25-18-12-10-17(24-4)11-13-18/h6-14,19H,5H2,1-4H3,(H,21,22)/t14-,19-/m1/s1. The van der Waals surface area contributed by atoms with Crippen molar-refractivity contribution in [2.75, 3.05) is 14.2 Å². The summed E-state index contributed by atoms with van der Waals surface area (Å²) < 4.78 is 10.3. The highest BCUT2D eigenvalue weighted by molar-refractivity contribution is 8.00. The fraction of sp³-hybridized carbons (Fsp3) is 0.350. The highest BCUT2D eigenvalue weighted by atomic mass is 32.2. The zero-order valence-corrected chi connectivity index (χ0v) is 15.9. The lowest BCUT2D eigenvalue weighted by molar-refractivity contribution is -0.121. The molecule has 2 aromatic rings. The topological polar surface area (TPSA) is 47.6 Å². The number of carbonyl (C=O) groups excluding carboxylic acids is 1. The Morgan fingerprint density at radius 2 is 1.52 bits per heavy atom. The monoisotopic (exact) mass is 359 g/mol. The fourth-order valence-corrected chi connectivity index (χ4v) is 3.33. The lowest BCUT2D eigenvalue weighted by Crippen LogP contribution is -2.34. The van der Waals surface area contributed by atoms with Gasteiger partial charge in [0.25, 0.3) is 0 Å². The Labute approximate surface area is 153 Å². The van der Waals surface area contributed by atoms with Gasteiger partial charge in [-0.1, -0.05) is 19.1 Å². The summed E-state index contributed by atoms with van der Waals surface area (Å²) in [6.07, 6.45) is 0.831. The summed E-state index contributed by atoms with van der Waals surface area (Å²) in [6.45, 7) is 3.99. The van der Waals surface area contributed by atoms with Crippen molar-refractivity contribution in [1.29, 1.82) is 0 Å². The van der Waals surface area contributed by atoms with E-state index < -0.39 is 0 Å². The van der Waals surface area contributed by atoms with Gasteiger partial charge in [0.2, 0.25) is 5.91 Å². The van der Waals surface area contributed by atoms with Crippen molar-refractivity contribution in [1.82, 2.24) is 5.32 Å². The molecule has 0 aromatic heterocycles. The molecular formula is C20H25NO3S. The van der Waals surface area contributed by atoms with Gasteiger partial charge in [-0.15, -0.1) is 11.8 Å². The minimum atomic E-state index is -0.180. The number of amides is 1. The van der Waals surface area contributed by atoms with Gasteiger partial charge in [0.05, 0.1) is 25.5 Å². The predicted octanol–water partition coefficient (Wildman–Crippen LogP) is 4.45. The Hall–Kier alpha value is -2.14. The van der Waals surface area contributed by atoms with Crippen LogP contribution in [0.25, 0.3) is 0 Å². The number of nitrogens with one attached hydrogen (secondary N) is 1. The molecule has 0 spiro atoms. The molecule has 0 heterocycles. The summed E-state index contributed by atoms with van der Waals surface area (Å²) in [6, 6.07) is 15.6. The lowest BCUT2D eigenvalue weighted by Gasteiger charge is -2.20. The van der Waals surface area contributed by atoms with Crippen molar-refractivity contribution >= 4 is 17.7 Å². The van der Waals surface area contributed by atoms with Gasteiger partial charge in [0.1, 0.15) is 11.5 Å². The average molecular weight is 359 g/mol. The molecule has 1 N–H and O–H groups in total. The van der Waals surface area contributed by atoms with Crippen LogP contribution < -0.4 is 14.8 Å². The summed E-state index contributed by atoms with van der Waals surface area (Å²) >= 11 is 1.54. The maximum atomic E-state index is 12.6. The third-order valence-corrected chi connectivity index (χ3v) is 5.10. The van der Waals surface area contributed by atoms with Gasteiger partial charge >= 0.3 is 0 Å². The average Bonchev–Trinajstić information content (AvgIpc) is 2.66. The molecule has 2 rings (SSSR count). The van der Waals surface area contributed by atoms with Crippen molar-refractivity contribution in [2.45, 2.75) is 36.5 Å². The maximum Gasteiger partial charge on any atom is 0.233 e. The van der Waals surface area contributed by atoms with E-state index in [2.05, 4.69) is 12.2 Å². The van der Waals surface area contributed by atoms with E-state index >= 15 is 0 Å². The van der Waals surface area contributed by atoms with Gasteiger partial charge in [-0.3, -0.25) is 4.79 Å². The van der Waals surface area contributed by atoms with E-state index in [0.717, 1.165) is 28.4 Å². The van der Waals surface area contributed by atoms with Crippen LogP contribution in [-0.4, -0.2) is 25.4 Å². The van der Waals surface area contributed by atoms with Gasteiger partial charge in [0, 0.05) is 4.90 Å². The molecule has 4 nitrogen and oxygen atoms in total. The van der Waals surface area contributed by atoms with Crippen LogP contribution in [0.1, 0.15) is 31.9 Å². The smallest absolute Gasteiger partial charge is 0.233 e. The Bertz CT molecular complexity index is 670. The number of thioether (sulfide) groups is 1. The van der Waals surface area contributed by atoms with Crippen LogP contribution in [0, 0.1) is 0 Å². The molecule has 2 atom stereocenters. The quantitative estimate of drug-likeness (QED) is 0.707. The van der Waals surface area contributed by atoms with Crippen molar-refractivity contribution in [2.24, 2.45) is 0 Å². The Morgan fingerprint density at radius 1 is 1.00 bits per heavy atom. The van der Waals surface area contributed by atoms with Crippen LogP contribution >= 0.6 is 11.8 Å². The molecule has 0 radical (unpaired) electrons. The second-order valence-electron chi connectivity index (χ2n) is 5.68. The molecule has 25 heavy (non-hydrogen) atoms. The van der Waals surface area contributed by atoms with Gasteiger partial charge in [-0.05, 0) is 55.3 Å². The molecule has 0 aliphatic heterocycles. The molecular weight excluding hydrogens is 334 g/mol. The van der Waals surface area contributed by atoms with Crippen LogP contribution in [0.4, 0.5) is 0 Å². The minimum Gasteiger partial charge on any atom is -0.497 e. The first-order chi connectivity index (χ1) is 12.1. The largest absolute Gasteiger partial charge is 0.497 e. The van der Waals surface area contributed by atoms with E-state index in [0.29, 0.717) is 0 Å². The number of benzene rings is 2. The highest BCUT2D eigenvalue weighted by Gasteiger charge is 2.19. The zero-order chi connectivity index (χ0) is 18.2. The Balaban J connectivity index is 1.97. The SMILES string of the molecule is CC[C@@H](NC(=O)[C@@H](C)Sc1ccc(OC)cc1)c1ccc(OC)cc1. The van der Waals surface area contributed by atoms with Crippen molar-refractivity contribution in [3.05, 3.63) is 54.1 Å². The molecule has 0 aliphatic carbocycles. The lowest BCUT2D eigenvalue weighted by atomic mass is 10.0. The van der Waals surface area contributed by atoms with Crippen LogP contribution in [0.5, 0.6) is 11.5 Å². The Kier molecular flexibility index (Phi) is 7.19. The van der Waals surface area contributed by atoms with Crippen molar-refractivity contribution < 1.29 is 14.3 Å².